The Morgan fingerprint density at radius 1 is 1.36 bits per heavy atom. The summed E-state index contributed by atoms with van der Waals surface area (Å²) in [4.78, 5) is 4.30. The fourth-order valence-corrected chi connectivity index (χ4v) is 0.625. The van der Waals surface area contributed by atoms with Gasteiger partial charge in [-0.2, -0.15) is 5.53 Å². The van der Waals surface area contributed by atoms with Gasteiger partial charge in [0.1, 0.15) is 5.75 Å². The van der Waals surface area contributed by atoms with Gasteiger partial charge in [-0.25, -0.2) is 0 Å². The van der Waals surface area contributed by atoms with Gasteiger partial charge in [-0.05, 0) is 12.1 Å². The highest BCUT2D eigenvalue weighted by atomic mass is 16.6. The summed E-state index contributed by atoms with van der Waals surface area (Å²) in [5.41, 5.74) is 6.32. The monoisotopic (exact) mass is 154 g/mol. The fraction of sp³-hybridized carbons (Fsp3) is 0. The predicted octanol–water partition coefficient (Wildman–Crippen LogP) is 1.42. The van der Waals surface area contributed by atoms with Gasteiger partial charge in [-0.1, -0.05) is 0 Å². The first-order valence-corrected chi connectivity index (χ1v) is 2.80. The first kappa shape index (κ1) is 7.33. The standard InChI is InChI=1S/C6H6N2O3/c7-8-11-6-3-4(9)1-2-5(6)10/h1-3,7,9-10H. The lowest BCUT2D eigenvalue weighted by atomic mass is 10.3. The molecule has 0 aliphatic carbocycles. The SMILES string of the molecule is N=NOc1cc(O)ccc1O. The van der Waals surface area contributed by atoms with Gasteiger partial charge in [0.05, 0.1) is 0 Å². The third kappa shape index (κ3) is 1.57. The number of hydrogen-bond acceptors (Lipinski definition) is 5. The molecule has 0 saturated heterocycles. The zero-order valence-electron chi connectivity index (χ0n) is 5.48. The minimum atomic E-state index is -0.168. The maximum atomic E-state index is 8.99. The van der Waals surface area contributed by atoms with Crippen LogP contribution in [-0.4, -0.2) is 10.2 Å². The van der Waals surface area contributed by atoms with Crippen LogP contribution in [0.25, 0.3) is 0 Å². The average Bonchev–Trinajstić information content (AvgIpc) is 1.98. The summed E-state index contributed by atoms with van der Waals surface area (Å²) < 4.78 is 0. The molecule has 0 amide bonds. The highest BCUT2D eigenvalue weighted by Gasteiger charge is 2.02. The van der Waals surface area contributed by atoms with Crippen molar-refractivity contribution < 1.29 is 15.1 Å². The molecule has 1 rings (SSSR count). The van der Waals surface area contributed by atoms with Crippen LogP contribution in [0.2, 0.25) is 0 Å². The second kappa shape index (κ2) is 2.87. The van der Waals surface area contributed by atoms with Crippen molar-refractivity contribution in [3.8, 4) is 17.2 Å². The van der Waals surface area contributed by atoms with E-state index in [0.717, 1.165) is 6.07 Å². The van der Waals surface area contributed by atoms with Crippen molar-refractivity contribution in [2.24, 2.45) is 5.28 Å². The topological polar surface area (TPSA) is 85.9 Å². The highest BCUT2D eigenvalue weighted by Crippen LogP contribution is 2.29. The zero-order chi connectivity index (χ0) is 8.27. The van der Waals surface area contributed by atoms with Gasteiger partial charge in [0, 0.05) is 11.3 Å². The van der Waals surface area contributed by atoms with E-state index in [1.807, 2.05) is 0 Å². The molecule has 5 nitrogen and oxygen atoms in total. The summed E-state index contributed by atoms with van der Waals surface area (Å²) in [5.74, 6) is -0.264. The second-order valence-corrected chi connectivity index (χ2v) is 1.83. The van der Waals surface area contributed by atoms with Gasteiger partial charge in [-0.15, -0.1) is 0 Å². The quantitative estimate of drug-likeness (QED) is 0.342. The minimum absolute atomic E-state index is 0.0417. The maximum Gasteiger partial charge on any atom is 0.205 e. The van der Waals surface area contributed by atoms with Crippen molar-refractivity contribution in [3.63, 3.8) is 0 Å². The van der Waals surface area contributed by atoms with Crippen molar-refractivity contribution >= 4 is 0 Å². The Morgan fingerprint density at radius 3 is 2.73 bits per heavy atom. The summed E-state index contributed by atoms with van der Waals surface area (Å²) in [6.45, 7) is 0. The molecule has 1 aromatic carbocycles. The number of rotatable bonds is 2. The molecule has 0 saturated carbocycles. The molecule has 58 valence electrons. The number of aromatic hydroxyl groups is 2. The maximum absolute atomic E-state index is 8.99. The lowest BCUT2D eigenvalue weighted by molar-refractivity contribution is 0.281. The average molecular weight is 154 g/mol. The fourth-order valence-electron chi connectivity index (χ4n) is 0.625. The van der Waals surface area contributed by atoms with E-state index in [-0.39, 0.29) is 17.2 Å². The largest absolute Gasteiger partial charge is 0.508 e. The molecule has 0 aliphatic rings. The van der Waals surface area contributed by atoms with Crippen LogP contribution in [0, 0.1) is 5.53 Å². The van der Waals surface area contributed by atoms with Crippen LogP contribution >= 0.6 is 0 Å². The summed E-state index contributed by atoms with van der Waals surface area (Å²) in [5, 5.41) is 20.4. The number of nitrogens with one attached hydrogen (secondary N) is 1. The molecule has 0 fully saturated rings. The first-order valence-electron chi connectivity index (χ1n) is 2.80. The number of phenolic OH excluding ortho intramolecular Hbond substituents is 2. The molecule has 1 aromatic rings. The zero-order valence-corrected chi connectivity index (χ0v) is 5.48. The van der Waals surface area contributed by atoms with Crippen LogP contribution in [-0.2, 0) is 0 Å². The molecule has 3 N–H and O–H groups in total. The van der Waals surface area contributed by atoms with Gasteiger partial charge in [0.15, 0.2) is 5.75 Å². The van der Waals surface area contributed by atoms with Crippen molar-refractivity contribution in [1.82, 2.24) is 0 Å². The second-order valence-electron chi connectivity index (χ2n) is 1.83. The Labute approximate surface area is 62.3 Å². The van der Waals surface area contributed by atoms with E-state index in [0.29, 0.717) is 0 Å². The number of benzene rings is 1. The summed E-state index contributed by atoms with van der Waals surface area (Å²) in [6.07, 6.45) is 0. The van der Waals surface area contributed by atoms with E-state index in [1.54, 1.807) is 0 Å². The minimum Gasteiger partial charge on any atom is -0.508 e. The van der Waals surface area contributed by atoms with Crippen LogP contribution in [0.1, 0.15) is 0 Å². The van der Waals surface area contributed by atoms with Gasteiger partial charge >= 0.3 is 0 Å². The van der Waals surface area contributed by atoms with Crippen molar-refractivity contribution in [2.45, 2.75) is 0 Å². The normalized spacial score (nSPS) is 9.09. The number of phenols is 2. The Bertz CT molecular complexity index is 275. The van der Waals surface area contributed by atoms with Gasteiger partial charge in [-0.3, -0.25) is 0 Å². The summed E-state index contributed by atoms with van der Waals surface area (Å²) in [7, 11) is 0. The van der Waals surface area contributed by atoms with E-state index in [9.17, 15) is 0 Å². The van der Waals surface area contributed by atoms with E-state index in [2.05, 4.69) is 10.1 Å². The number of nitrogens with zero attached hydrogens (tertiary/aromatic N) is 1. The van der Waals surface area contributed by atoms with Gasteiger partial charge in [0.2, 0.25) is 5.75 Å². The molecule has 0 aromatic heterocycles. The molecule has 0 spiro atoms. The molecule has 0 aliphatic heterocycles. The highest BCUT2D eigenvalue weighted by molar-refractivity contribution is 5.43. The Kier molecular flexibility index (Phi) is 1.91. The Balaban J connectivity index is 3.01. The van der Waals surface area contributed by atoms with Crippen molar-refractivity contribution in [2.75, 3.05) is 0 Å². The van der Waals surface area contributed by atoms with E-state index >= 15 is 0 Å². The van der Waals surface area contributed by atoms with E-state index in [4.69, 9.17) is 15.7 Å². The van der Waals surface area contributed by atoms with Crippen molar-refractivity contribution in [1.29, 1.82) is 5.53 Å². The van der Waals surface area contributed by atoms with Crippen LogP contribution < -0.4 is 4.84 Å². The molecule has 0 atom stereocenters. The van der Waals surface area contributed by atoms with Crippen LogP contribution in [0.4, 0.5) is 0 Å². The lowest BCUT2D eigenvalue weighted by Crippen LogP contribution is -1.80. The molecular formula is C6H6N2O3. The van der Waals surface area contributed by atoms with Crippen LogP contribution in [0.3, 0.4) is 0 Å². The first-order chi connectivity index (χ1) is 5.24. The third-order valence-electron chi connectivity index (χ3n) is 1.09. The predicted molar refractivity (Wildman–Crippen MR) is 35.5 cm³/mol. The van der Waals surface area contributed by atoms with E-state index in [1.165, 1.54) is 12.1 Å². The van der Waals surface area contributed by atoms with E-state index < -0.39 is 0 Å². The molecule has 0 radical (unpaired) electrons. The van der Waals surface area contributed by atoms with Gasteiger partial charge in [0.25, 0.3) is 0 Å². The van der Waals surface area contributed by atoms with Crippen molar-refractivity contribution in [3.05, 3.63) is 18.2 Å². The number of hydrogen-bond donors (Lipinski definition) is 3. The molecule has 0 unspecified atom stereocenters. The van der Waals surface area contributed by atoms with Gasteiger partial charge < -0.3 is 15.1 Å². The molecule has 0 heterocycles. The summed E-state index contributed by atoms with van der Waals surface area (Å²) in [6, 6.07) is 3.70. The van der Waals surface area contributed by atoms with Crippen LogP contribution in [0.15, 0.2) is 23.5 Å². The molecular weight excluding hydrogens is 148 g/mol. The Morgan fingerprint density at radius 2 is 2.09 bits per heavy atom. The summed E-state index contributed by atoms with van der Waals surface area (Å²) >= 11 is 0. The third-order valence-corrected chi connectivity index (χ3v) is 1.09. The molecule has 0 bridgehead atoms. The lowest BCUT2D eigenvalue weighted by Gasteiger charge is -1.99. The Hall–Kier alpha value is -1.78. The van der Waals surface area contributed by atoms with Crippen LogP contribution in [0.5, 0.6) is 17.2 Å². The molecule has 11 heavy (non-hydrogen) atoms. The molecule has 5 heteroatoms. The smallest absolute Gasteiger partial charge is 0.205 e.